The van der Waals surface area contributed by atoms with Gasteiger partial charge in [-0.05, 0) is 49.1 Å². The van der Waals surface area contributed by atoms with E-state index >= 15 is 0 Å². The van der Waals surface area contributed by atoms with Crippen molar-refractivity contribution in [1.29, 1.82) is 0 Å². The van der Waals surface area contributed by atoms with Crippen LogP contribution in [0.3, 0.4) is 0 Å². The highest BCUT2D eigenvalue weighted by Gasteiger charge is 2.30. The summed E-state index contributed by atoms with van der Waals surface area (Å²) >= 11 is 12.1. The van der Waals surface area contributed by atoms with Gasteiger partial charge in [0.15, 0.2) is 0 Å². The quantitative estimate of drug-likeness (QED) is 0.731. The number of nitrogens with one attached hydrogen (secondary N) is 2. The highest BCUT2D eigenvalue weighted by atomic mass is 35.5. The SMILES string of the molecule is Cc1ccc(CNC(=O)c2cc(S(=O)(=O)NC3CC3)c(Cl)cc2Cl)cc1F. The predicted octanol–water partition coefficient (Wildman–Crippen LogP) is 3.81. The Labute approximate surface area is 166 Å². The molecule has 3 rings (SSSR count). The first-order valence-corrected chi connectivity index (χ1v) is 10.5. The van der Waals surface area contributed by atoms with E-state index in [0.29, 0.717) is 11.1 Å². The minimum atomic E-state index is -3.85. The molecule has 0 atom stereocenters. The molecule has 0 spiro atoms. The molecule has 2 N–H and O–H groups in total. The summed E-state index contributed by atoms with van der Waals surface area (Å²) in [6.07, 6.45) is 1.54. The third-order valence-corrected chi connectivity index (χ3v) is 6.44. The van der Waals surface area contributed by atoms with E-state index in [9.17, 15) is 17.6 Å². The molecule has 1 fully saturated rings. The molecule has 1 saturated carbocycles. The highest BCUT2D eigenvalue weighted by Crippen LogP contribution is 2.30. The van der Waals surface area contributed by atoms with Gasteiger partial charge in [-0.3, -0.25) is 4.79 Å². The van der Waals surface area contributed by atoms with E-state index in [0.717, 1.165) is 18.9 Å². The monoisotopic (exact) mass is 430 g/mol. The largest absolute Gasteiger partial charge is 0.348 e. The molecule has 2 aromatic rings. The molecule has 0 saturated heterocycles. The summed E-state index contributed by atoms with van der Waals surface area (Å²) in [5, 5.41) is 2.57. The van der Waals surface area contributed by atoms with Crippen LogP contribution in [0.5, 0.6) is 0 Å². The van der Waals surface area contributed by atoms with Crippen LogP contribution in [0, 0.1) is 12.7 Å². The van der Waals surface area contributed by atoms with Crippen molar-refractivity contribution in [3.63, 3.8) is 0 Å². The number of hydrogen-bond acceptors (Lipinski definition) is 3. The maximum Gasteiger partial charge on any atom is 0.253 e. The van der Waals surface area contributed by atoms with Crippen LogP contribution in [-0.2, 0) is 16.6 Å². The van der Waals surface area contributed by atoms with Gasteiger partial charge in [0.1, 0.15) is 10.7 Å². The molecule has 1 aliphatic rings. The second-order valence-corrected chi connectivity index (χ2v) is 8.92. The van der Waals surface area contributed by atoms with E-state index in [1.54, 1.807) is 19.1 Å². The molecule has 0 radical (unpaired) electrons. The normalized spacial score (nSPS) is 14.2. The molecule has 1 aliphatic carbocycles. The van der Waals surface area contributed by atoms with Crippen LogP contribution in [0.25, 0.3) is 0 Å². The maximum atomic E-state index is 13.6. The number of hydrogen-bond donors (Lipinski definition) is 2. The number of rotatable bonds is 6. The van der Waals surface area contributed by atoms with Crippen LogP contribution < -0.4 is 10.0 Å². The number of amides is 1. The zero-order valence-electron chi connectivity index (χ0n) is 14.4. The van der Waals surface area contributed by atoms with Gasteiger partial charge in [0.05, 0.1) is 15.6 Å². The Morgan fingerprint density at radius 3 is 2.52 bits per heavy atom. The summed E-state index contributed by atoms with van der Waals surface area (Å²) in [4.78, 5) is 12.3. The molecule has 0 unspecified atom stereocenters. The van der Waals surface area contributed by atoms with Crippen LogP contribution in [0.2, 0.25) is 10.0 Å². The lowest BCUT2D eigenvalue weighted by molar-refractivity contribution is 0.0951. The van der Waals surface area contributed by atoms with Gasteiger partial charge in [0, 0.05) is 12.6 Å². The fourth-order valence-electron chi connectivity index (χ4n) is 2.42. The minimum absolute atomic E-state index is 0.0233. The average Bonchev–Trinajstić information content (AvgIpc) is 3.38. The number of sulfonamides is 1. The Hall–Kier alpha value is -1.67. The first-order chi connectivity index (χ1) is 12.7. The first-order valence-electron chi connectivity index (χ1n) is 8.22. The number of carbonyl (C=O) groups excluding carboxylic acids is 1. The molecule has 0 aromatic heterocycles. The second-order valence-electron chi connectivity index (χ2n) is 6.42. The third kappa shape index (κ3) is 4.79. The molecule has 0 aliphatic heterocycles. The summed E-state index contributed by atoms with van der Waals surface area (Å²) in [5.41, 5.74) is 1.05. The Balaban J connectivity index is 1.81. The van der Waals surface area contributed by atoms with Gasteiger partial charge in [-0.15, -0.1) is 0 Å². The number of carbonyl (C=O) groups is 1. The minimum Gasteiger partial charge on any atom is -0.348 e. The van der Waals surface area contributed by atoms with Crippen molar-refractivity contribution in [1.82, 2.24) is 10.0 Å². The summed E-state index contributed by atoms with van der Waals surface area (Å²) in [6, 6.07) is 6.91. The van der Waals surface area contributed by atoms with Crippen LogP contribution >= 0.6 is 23.2 Å². The van der Waals surface area contributed by atoms with Gasteiger partial charge in [-0.1, -0.05) is 35.3 Å². The molecular weight excluding hydrogens is 414 g/mol. The summed E-state index contributed by atoms with van der Waals surface area (Å²) in [6.45, 7) is 1.71. The fourth-order valence-corrected chi connectivity index (χ4v) is 4.58. The van der Waals surface area contributed by atoms with E-state index in [1.807, 2.05) is 0 Å². The molecule has 2 aromatic carbocycles. The number of benzene rings is 2. The van der Waals surface area contributed by atoms with E-state index in [4.69, 9.17) is 23.2 Å². The lowest BCUT2D eigenvalue weighted by Gasteiger charge is -2.12. The molecule has 1 amide bonds. The number of halogens is 3. The Kier molecular flexibility index (Phi) is 5.76. The lowest BCUT2D eigenvalue weighted by atomic mass is 10.1. The first kappa shape index (κ1) is 20.1. The van der Waals surface area contributed by atoms with E-state index in [-0.39, 0.29) is 38.9 Å². The Bertz CT molecular complexity index is 1010. The highest BCUT2D eigenvalue weighted by molar-refractivity contribution is 7.89. The second kappa shape index (κ2) is 7.75. The maximum absolute atomic E-state index is 13.6. The molecule has 144 valence electrons. The zero-order valence-corrected chi connectivity index (χ0v) is 16.7. The van der Waals surface area contributed by atoms with Crippen molar-refractivity contribution < 1.29 is 17.6 Å². The van der Waals surface area contributed by atoms with Crippen molar-refractivity contribution in [2.45, 2.75) is 37.2 Å². The standard InChI is InChI=1S/C18H17Cl2FN2O3S/c1-10-2-3-11(6-16(10)21)9-22-18(24)13-7-17(15(20)8-14(13)19)27(25,26)23-12-4-5-12/h2-3,6-8,12,23H,4-5,9H2,1H3,(H,22,24). The van der Waals surface area contributed by atoms with Crippen LogP contribution in [0.15, 0.2) is 35.2 Å². The van der Waals surface area contributed by atoms with E-state index in [2.05, 4.69) is 10.0 Å². The summed E-state index contributed by atoms with van der Waals surface area (Å²) < 4.78 is 41.0. The van der Waals surface area contributed by atoms with Crippen molar-refractivity contribution in [3.8, 4) is 0 Å². The molecular formula is C18H17Cl2FN2O3S. The summed E-state index contributed by atoms with van der Waals surface area (Å²) in [7, 11) is -3.85. The fraction of sp³-hybridized carbons (Fsp3) is 0.278. The molecule has 27 heavy (non-hydrogen) atoms. The Morgan fingerprint density at radius 1 is 1.19 bits per heavy atom. The van der Waals surface area contributed by atoms with Crippen molar-refractivity contribution in [2.24, 2.45) is 0 Å². The van der Waals surface area contributed by atoms with Gasteiger partial charge in [0.2, 0.25) is 10.0 Å². The number of aryl methyl sites for hydroxylation is 1. The summed E-state index contributed by atoms with van der Waals surface area (Å²) in [5.74, 6) is -0.952. The van der Waals surface area contributed by atoms with Gasteiger partial charge >= 0.3 is 0 Å². The van der Waals surface area contributed by atoms with Crippen molar-refractivity contribution in [3.05, 3.63) is 62.9 Å². The van der Waals surface area contributed by atoms with Crippen LogP contribution in [0.4, 0.5) is 4.39 Å². The van der Waals surface area contributed by atoms with E-state index in [1.165, 1.54) is 12.1 Å². The smallest absolute Gasteiger partial charge is 0.253 e. The third-order valence-electron chi connectivity index (χ3n) is 4.14. The van der Waals surface area contributed by atoms with Crippen LogP contribution in [-0.4, -0.2) is 20.4 Å². The molecule has 5 nitrogen and oxygen atoms in total. The van der Waals surface area contributed by atoms with Crippen LogP contribution in [0.1, 0.15) is 34.3 Å². The van der Waals surface area contributed by atoms with Gasteiger partial charge in [-0.2, -0.15) is 0 Å². The molecule has 9 heteroatoms. The molecule has 0 heterocycles. The van der Waals surface area contributed by atoms with E-state index < -0.39 is 15.9 Å². The van der Waals surface area contributed by atoms with Gasteiger partial charge in [-0.25, -0.2) is 17.5 Å². The molecule has 0 bridgehead atoms. The van der Waals surface area contributed by atoms with Gasteiger partial charge < -0.3 is 5.32 Å². The zero-order chi connectivity index (χ0) is 19.8. The average molecular weight is 431 g/mol. The van der Waals surface area contributed by atoms with Crippen molar-refractivity contribution >= 4 is 39.1 Å². The topological polar surface area (TPSA) is 75.3 Å². The predicted molar refractivity (Wildman–Crippen MR) is 102 cm³/mol. The lowest BCUT2D eigenvalue weighted by Crippen LogP contribution is -2.27. The van der Waals surface area contributed by atoms with Gasteiger partial charge in [0.25, 0.3) is 5.91 Å². The van der Waals surface area contributed by atoms with Crippen molar-refractivity contribution in [2.75, 3.05) is 0 Å². The Morgan fingerprint density at radius 2 is 1.89 bits per heavy atom.